The van der Waals surface area contributed by atoms with Crippen LogP contribution < -0.4 is 17.0 Å². The second-order valence-corrected chi connectivity index (χ2v) is 7.77. The van der Waals surface area contributed by atoms with Gasteiger partial charge in [-0.25, -0.2) is 4.79 Å². The number of aromatic nitrogens is 2. The molecule has 3 aromatic rings. The van der Waals surface area contributed by atoms with E-state index in [0.717, 1.165) is 11.1 Å². The standard InChI is InChI=1S/C22H22ClN5O3/c23-16-9-5-4-8-15(16)19(14-6-2-1-3-7-14)27-10-12-28(13-11-27)21(30)18-17(24)20(29)26-22(31)25-18/h1-9,19H,10-13,24H2,(H2,25,26,29,31). The van der Waals surface area contributed by atoms with E-state index in [-0.39, 0.29) is 17.4 Å². The van der Waals surface area contributed by atoms with E-state index in [4.69, 9.17) is 17.3 Å². The number of amides is 1. The molecule has 8 nitrogen and oxygen atoms in total. The van der Waals surface area contributed by atoms with Crippen LogP contribution in [0, 0.1) is 0 Å². The van der Waals surface area contributed by atoms with Gasteiger partial charge in [-0.3, -0.25) is 19.5 Å². The Balaban J connectivity index is 1.58. The van der Waals surface area contributed by atoms with Crippen LogP contribution in [0.15, 0.2) is 64.2 Å². The van der Waals surface area contributed by atoms with E-state index < -0.39 is 17.2 Å². The second-order valence-electron chi connectivity index (χ2n) is 7.36. The Labute approximate surface area is 183 Å². The predicted molar refractivity (Wildman–Crippen MR) is 119 cm³/mol. The number of rotatable bonds is 4. The number of nitrogens with zero attached hydrogens (tertiary/aromatic N) is 2. The summed E-state index contributed by atoms with van der Waals surface area (Å²) in [7, 11) is 0. The van der Waals surface area contributed by atoms with E-state index in [0.29, 0.717) is 31.2 Å². The van der Waals surface area contributed by atoms with E-state index in [9.17, 15) is 14.4 Å². The minimum atomic E-state index is -0.770. The smallest absolute Gasteiger partial charge is 0.326 e. The number of H-pyrrole nitrogens is 2. The van der Waals surface area contributed by atoms with Gasteiger partial charge in [0, 0.05) is 31.2 Å². The van der Waals surface area contributed by atoms with Crippen LogP contribution in [-0.4, -0.2) is 51.9 Å². The maximum absolute atomic E-state index is 12.9. The first kappa shape index (κ1) is 20.9. The average molecular weight is 440 g/mol. The number of carbonyl (C=O) groups excluding carboxylic acids is 1. The molecule has 31 heavy (non-hydrogen) atoms. The van der Waals surface area contributed by atoms with Crippen molar-refractivity contribution in [2.45, 2.75) is 6.04 Å². The lowest BCUT2D eigenvalue weighted by atomic mass is 9.96. The number of nitrogen functional groups attached to an aromatic ring is 1. The highest BCUT2D eigenvalue weighted by molar-refractivity contribution is 6.31. The summed E-state index contributed by atoms with van der Waals surface area (Å²) in [6, 6.07) is 17.8. The third kappa shape index (κ3) is 4.26. The summed E-state index contributed by atoms with van der Waals surface area (Å²) in [4.78, 5) is 44.4. The predicted octanol–water partition coefficient (Wildman–Crippen LogP) is 1.85. The Kier molecular flexibility index (Phi) is 5.92. The van der Waals surface area contributed by atoms with Crippen molar-refractivity contribution in [2.75, 3.05) is 31.9 Å². The number of nitrogens with one attached hydrogen (secondary N) is 2. The molecule has 1 saturated heterocycles. The highest BCUT2D eigenvalue weighted by Crippen LogP contribution is 2.33. The monoisotopic (exact) mass is 439 g/mol. The van der Waals surface area contributed by atoms with Gasteiger partial charge in [-0.1, -0.05) is 60.1 Å². The Morgan fingerprint density at radius 3 is 2.26 bits per heavy atom. The Morgan fingerprint density at radius 1 is 0.935 bits per heavy atom. The number of carbonyl (C=O) groups is 1. The molecule has 1 aromatic heterocycles. The zero-order chi connectivity index (χ0) is 22.0. The Morgan fingerprint density at radius 2 is 1.58 bits per heavy atom. The van der Waals surface area contributed by atoms with Crippen LogP contribution in [-0.2, 0) is 0 Å². The number of benzene rings is 2. The van der Waals surface area contributed by atoms with Gasteiger partial charge in [0.15, 0.2) is 0 Å². The summed E-state index contributed by atoms with van der Waals surface area (Å²) in [5, 5.41) is 0.684. The zero-order valence-electron chi connectivity index (χ0n) is 16.7. The summed E-state index contributed by atoms with van der Waals surface area (Å²) in [6.07, 6.45) is 0. The van der Waals surface area contributed by atoms with Gasteiger partial charge < -0.3 is 15.6 Å². The molecule has 160 valence electrons. The topological polar surface area (TPSA) is 115 Å². The second kappa shape index (κ2) is 8.79. The number of piperazine rings is 1. The molecule has 0 spiro atoms. The van der Waals surface area contributed by atoms with Crippen LogP contribution in [0.4, 0.5) is 5.69 Å². The van der Waals surface area contributed by atoms with Crippen molar-refractivity contribution in [1.29, 1.82) is 0 Å². The van der Waals surface area contributed by atoms with E-state index in [1.54, 1.807) is 4.90 Å². The number of nitrogens with two attached hydrogens (primary N) is 1. The molecule has 4 rings (SSSR count). The van der Waals surface area contributed by atoms with Crippen molar-refractivity contribution in [2.24, 2.45) is 0 Å². The number of hydrogen-bond acceptors (Lipinski definition) is 5. The molecule has 1 aliphatic rings. The zero-order valence-corrected chi connectivity index (χ0v) is 17.4. The highest BCUT2D eigenvalue weighted by Gasteiger charge is 2.30. The van der Waals surface area contributed by atoms with Crippen LogP contribution in [0.3, 0.4) is 0 Å². The maximum Gasteiger partial charge on any atom is 0.326 e. The van der Waals surface area contributed by atoms with Crippen molar-refractivity contribution in [3.05, 3.63) is 97.3 Å². The van der Waals surface area contributed by atoms with Crippen LogP contribution >= 0.6 is 11.6 Å². The molecule has 9 heteroatoms. The van der Waals surface area contributed by atoms with Gasteiger partial charge in [0.25, 0.3) is 11.5 Å². The normalized spacial score (nSPS) is 15.6. The van der Waals surface area contributed by atoms with E-state index in [1.165, 1.54) is 0 Å². The van der Waals surface area contributed by atoms with Crippen molar-refractivity contribution < 1.29 is 4.79 Å². The lowest BCUT2D eigenvalue weighted by Crippen LogP contribution is -2.50. The van der Waals surface area contributed by atoms with Gasteiger partial charge in [0.1, 0.15) is 11.4 Å². The highest BCUT2D eigenvalue weighted by atomic mass is 35.5. The first-order valence-electron chi connectivity index (χ1n) is 9.90. The number of aromatic amines is 2. The summed E-state index contributed by atoms with van der Waals surface area (Å²) >= 11 is 6.52. The van der Waals surface area contributed by atoms with Gasteiger partial charge in [-0.15, -0.1) is 0 Å². The fourth-order valence-corrected chi connectivity index (χ4v) is 4.16. The molecule has 4 N–H and O–H groups in total. The SMILES string of the molecule is Nc1c(C(=O)N2CCN(C(c3ccccc3)c3ccccc3Cl)CC2)[nH]c(=O)[nH]c1=O. The first-order chi connectivity index (χ1) is 15.0. The van der Waals surface area contributed by atoms with Crippen LogP contribution in [0.25, 0.3) is 0 Å². The van der Waals surface area contributed by atoms with Gasteiger partial charge >= 0.3 is 5.69 Å². The fraction of sp³-hybridized carbons (Fsp3) is 0.227. The van der Waals surface area contributed by atoms with Gasteiger partial charge in [-0.05, 0) is 17.2 Å². The quantitative estimate of drug-likeness (QED) is 0.573. The average Bonchev–Trinajstić information content (AvgIpc) is 2.78. The van der Waals surface area contributed by atoms with Gasteiger partial charge in [0.2, 0.25) is 0 Å². The summed E-state index contributed by atoms with van der Waals surface area (Å²) in [5.41, 5.74) is 5.83. The molecular weight excluding hydrogens is 418 g/mol. The van der Waals surface area contributed by atoms with Crippen molar-refractivity contribution >= 4 is 23.2 Å². The molecule has 0 radical (unpaired) electrons. The fourth-order valence-electron chi connectivity index (χ4n) is 3.93. The molecule has 0 bridgehead atoms. The minimum absolute atomic E-state index is 0.0587. The molecule has 1 unspecified atom stereocenters. The minimum Gasteiger partial charge on any atom is -0.392 e. The molecule has 2 heterocycles. The number of anilines is 1. The lowest BCUT2D eigenvalue weighted by Gasteiger charge is -2.40. The summed E-state index contributed by atoms with van der Waals surface area (Å²) in [5.74, 6) is -0.464. The lowest BCUT2D eigenvalue weighted by molar-refractivity contribution is 0.0592. The molecule has 1 atom stereocenters. The largest absolute Gasteiger partial charge is 0.392 e. The molecule has 1 fully saturated rings. The third-order valence-electron chi connectivity index (χ3n) is 5.48. The van der Waals surface area contributed by atoms with E-state index in [2.05, 4.69) is 22.0 Å². The molecule has 0 aliphatic carbocycles. The van der Waals surface area contributed by atoms with Gasteiger partial charge in [0.05, 0.1) is 6.04 Å². The third-order valence-corrected chi connectivity index (χ3v) is 5.82. The summed E-state index contributed by atoms with van der Waals surface area (Å²) < 4.78 is 0. The Bertz CT molecular complexity index is 1200. The van der Waals surface area contributed by atoms with Crippen LogP contribution in [0.2, 0.25) is 5.02 Å². The number of hydrogen-bond donors (Lipinski definition) is 3. The van der Waals surface area contributed by atoms with Crippen LogP contribution in [0.5, 0.6) is 0 Å². The van der Waals surface area contributed by atoms with Crippen molar-refractivity contribution in [3.8, 4) is 0 Å². The van der Waals surface area contributed by atoms with E-state index >= 15 is 0 Å². The number of halogens is 1. The first-order valence-corrected chi connectivity index (χ1v) is 10.3. The molecule has 0 saturated carbocycles. The Hall–Kier alpha value is -3.36. The molecule has 2 aromatic carbocycles. The summed E-state index contributed by atoms with van der Waals surface area (Å²) in [6.45, 7) is 2.01. The maximum atomic E-state index is 12.9. The molecule has 1 amide bonds. The van der Waals surface area contributed by atoms with Crippen molar-refractivity contribution in [1.82, 2.24) is 19.8 Å². The van der Waals surface area contributed by atoms with Crippen LogP contribution in [0.1, 0.15) is 27.7 Å². The molecule has 1 aliphatic heterocycles. The van der Waals surface area contributed by atoms with E-state index in [1.807, 2.05) is 47.4 Å². The molecular formula is C22H22ClN5O3. The van der Waals surface area contributed by atoms with Crippen molar-refractivity contribution in [3.63, 3.8) is 0 Å². The van der Waals surface area contributed by atoms with Gasteiger partial charge in [-0.2, -0.15) is 0 Å².